The molecule has 0 heterocycles. The highest BCUT2D eigenvalue weighted by molar-refractivity contribution is 6.34. The van der Waals surface area contributed by atoms with E-state index in [2.05, 4.69) is 5.48 Å². The Labute approximate surface area is 106 Å². The molecule has 0 spiro atoms. The summed E-state index contributed by atoms with van der Waals surface area (Å²) in [6, 6.07) is 1.79. The molecule has 0 aliphatic carbocycles. The minimum Gasteiger partial charge on any atom is -0.495 e. The molecule has 1 aromatic carbocycles. The van der Waals surface area contributed by atoms with Crippen LogP contribution in [0, 0.1) is 0 Å². The van der Waals surface area contributed by atoms with E-state index >= 15 is 0 Å². The highest BCUT2D eigenvalue weighted by Gasteiger charge is 2.18. The normalized spacial score (nSPS) is 10.2. The second kappa shape index (κ2) is 6.54. The molecule has 96 valence electrons. The van der Waals surface area contributed by atoms with Crippen LogP contribution in [0.3, 0.4) is 0 Å². The Hall–Kier alpha value is -1.17. The van der Waals surface area contributed by atoms with Gasteiger partial charge in [-0.2, -0.15) is 5.48 Å². The van der Waals surface area contributed by atoms with Gasteiger partial charge < -0.3 is 19.0 Å². The SMILES string of the molecule is CONCc1cc(OC)c(OC)c(Cl)c1OC. The molecule has 1 rings (SSSR count). The van der Waals surface area contributed by atoms with Gasteiger partial charge in [0.1, 0.15) is 10.8 Å². The average Bonchev–Trinajstić information content (AvgIpc) is 2.35. The molecule has 0 amide bonds. The zero-order chi connectivity index (χ0) is 12.8. The predicted molar refractivity (Wildman–Crippen MR) is 65.0 cm³/mol. The maximum absolute atomic E-state index is 6.18. The zero-order valence-electron chi connectivity index (χ0n) is 10.3. The van der Waals surface area contributed by atoms with Crippen molar-refractivity contribution in [2.45, 2.75) is 6.54 Å². The van der Waals surface area contributed by atoms with E-state index in [-0.39, 0.29) is 0 Å². The van der Waals surface area contributed by atoms with Crippen LogP contribution in [0.4, 0.5) is 0 Å². The molecule has 6 heteroatoms. The third-order valence-corrected chi connectivity index (χ3v) is 2.60. The molecule has 0 bridgehead atoms. The zero-order valence-corrected chi connectivity index (χ0v) is 11.1. The van der Waals surface area contributed by atoms with Gasteiger partial charge >= 0.3 is 0 Å². The molecule has 0 aliphatic heterocycles. The molecule has 0 fully saturated rings. The lowest BCUT2D eigenvalue weighted by atomic mass is 10.1. The van der Waals surface area contributed by atoms with Crippen molar-refractivity contribution in [1.29, 1.82) is 0 Å². The Morgan fingerprint density at radius 2 is 1.71 bits per heavy atom. The lowest BCUT2D eigenvalue weighted by molar-refractivity contribution is 0.0860. The fourth-order valence-electron chi connectivity index (χ4n) is 1.49. The number of rotatable bonds is 6. The summed E-state index contributed by atoms with van der Waals surface area (Å²) in [6.07, 6.45) is 0. The summed E-state index contributed by atoms with van der Waals surface area (Å²) in [5.74, 6) is 1.53. The number of ether oxygens (including phenoxy) is 3. The van der Waals surface area contributed by atoms with Crippen LogP contribution in [-0.4, -0.2) is 28.4 Å². The monoisotopic (exact) mass is 261 g/mol. The summed E-state index contributed by atoms with van der Waals surface area (Å²) in [5.41, 5.74) is 3.54. The fourth-order valence-corrected chi connectivity index (χ4v) is 1.85. The van der Waals surface area contributed by atoms with Crippen molar-refractivity contribution in [1.82, 2.24) is 5.48 Å². The first-order valence-electron chi connectivity index (χ1n) is 4.92. The number of hydrogen-bond acceptors (Lipinski definition) is 5. The van der Waals surface area contributed by atoms with E-state index in [0.29, 0.717) is 28.8 Å². The van der Waals surface area contributed by atoms with E-state index in [4.69, 9.17) is 30.6 Å². The van der Waals surface area contributed by atoms with Crippen LogP contribution in [0.5, 0.6) is 17.2 Å². The van der Waals surface area contributed by atoms with E-state index in [1.54, 1.807) is 20.3 Å². The molecule has 0 aromatic heterocycles. The summed E-state index contributed by atoms with van der Waals surface area (Å²) in [6.45, 7) is 0.444. The Morgan fingerprint density at radius 1 is 1.06 bits per heavy atom. The van der Waals surface area contributed by atoms with Crippen LogP contribution in [-0.2, 0) is 11.4 Å². The van der Waals surface area contributed by atoms with Gasteiger partial charge in [0, 0.05) is 12.1 Å². The standard InChI is InChI=1S/C11H16ClNO4/c1-14-8-5-7(6-13-17-4)10(15-2)9(12)11(8)16-3/h5,13H,6H2,1-4H3. The molecular weight excluding hydrogens is 246 g/mol. The van der Waals surface area contributed by atoms with Gasteiger partial charge in [-0.1, -0.05) is 11.6 Å². The molecule has 0 atom stereocenters. The van der Waals surface area contributed by atoms with Crippen molar-refractivity contribution in [2.24, 2.45) is 0 Å². The van der Waals surface area contributed by atoms with Gasteiger partial charge in [0.25, 0.3) is 0 Å². The second-order valence-electron chi connectivity index (χ2n) is 3.14. The number of hydrogen-bond donors (Lipinski definition) is 1. The average molecular weight is 262 g/mol. The first kappa shape index (κ1) is 13.9. The predicted octanol–water partition coefficient (Wildman–Crippen LogP) is 2.02. The molecule has 0 unspecified atom stereocenters. The van der Waals surface area contributed by atoms with E-state index in [1.807, 2.05) is 0 Å². The van der Waals surface area contributed by atoms with E-state index in [9.17, 15) is 0 Å². The van der Waals surface area contributed by atoms with Crippen molar-refractivity contribution in [3.8, 4) is 17.2 Å². The van der Waals surface area contributed by atoms with E-state index in [0.717, 1.165) is 5.56 Å². The minimum atomic E-state index is 0.377. The van der Waals surface area contributed by atoms with Gasteiger partial charge in [0.05, 0.1) is 28.4 Å². The molecule has 0 saturated heterocycles. The van der Waals surface area contributed by atoms with Crippen LogP contribution < -0.4 is 19.7 Å². The molecule has 0 aliphatic rings. The summed E-state index contributed by atoms with van der Waals surface area (Å²) < 4.78 is 15.6. The number of hydroxylamine groups is 1. The molecular formula is C11H16ClNO4. The Balaban J connectivity index is 3.24. The van der Waals surface area contributed by atoms with Crippen molar-refractivity contribution >= 4 is 11.6 Å². The summed E-state index contributed by atoms with van der Waals surface area (Å²) in [7, 11) is 6.16. The fraction of sp³-hybridized carbons (Fsp3) is 0.455. The first-order chi connectivity index (χ1) is 8.19. The van der Waals surface area contributed by atoms with Crippen molar-refractivity contribution in [2.75, 3.05) is 28.4 Å². The van der Waals surface area contributed by atoms with E-state index in [1.165, 1.54) is 14.2 Å². The highest BCUT2D eigenvalue weighted by Crippen LogP contribution is 2.43. The third-order valence-electron chi connectivity index (χ3n) is 2.25. The molecule has 17 heavy (non-hydrogen) atoms. The quantitative estimate of drug-likeness (QED) is 0.794. The number of nitrogens with one attached hydrogen (secondary N) is 1. The smallest absolute Gasteiger partial charge is 0.183 e. The largest absolute Gasteiger partial charge is 0.495 e. The van der Waals surface area contributed by atoms with Crippen LogP contribution in [0.2, 0.25) is 5.02 Å². The van der Waals surface area contributed by atoms with E-state index < -0.39 is 0 Å². The Kier molecular flexibility index (Phi) is 5.34. The third kappa shape index (κ3) is 2.94. The summed E-state index contributed by atoms with van der Waals surface area (Å²) in [5, 5.41) is 0.377. The lowest BCUT2D eigenvalue weighted by Crippen LogP contribution is -2.12. The van der Waals surface area contributed by atoms with Crippen molar-refractivity contribution in [3.05, 3.63) is 16.7 Å². The minimum absolute atomic E-state index is 0.377. The van der Waals surface area contributed by atoms with Gasteiger partial charge in [0.15, 0.2) is 11.5 Å². The van der Waals surface area contributed by atoms with Crippen LogP contribution in [0.1, 0.15) is 5.56 Å². The van der Waals surface area contributed by atoms with Gasteiger partial charge in [-0.3, -0.25) is 0 Å². The topological polar surface area (TPSA) is 49.0 Å². The maximum Gasteiger partial charge on any atom is 0.183 e. The maximum atomic E-state index is 6.18. The summed E-state index contributed by atoms with van der Waals surface area (Å²) in [4.78, 5) is 4.79. The highest BCUT2D eigenvalue weighted by atomic mass is 35.5. The Bertz CT molecular complexity index is 384. The van der Waals surface area contributed by atoms with Gasteiger partial charge in [-0.15, -0.1) is 0 Å². The molecule has 0 radical (unpaired) electrons. The summed E-state index contributed by atoms with van der Waals surface area (Å²) >= 11 is 6.18. The van der Waals surface area contributed by atoms with Crippen LogP contribution >= 0.6 is 11.6 Å². The molecule has 1 N–H and O–H groups in total. The van der Waals surface area contributed by atoms with Crippen molar-refractivity contribution < 1.29 is 19.0 Å². The Morgan fingerprint density at radius 3 is 2.18 bits per heavy atom. The molecule has 1 aromatic rings. The lowest BCUT2D eigenvalue weighted by Gasteiger charge is -2.16. The molecule has 0 saturated carbocycles. The van der Waals surface area contributed by atoms with Crippen LogP contribution in [0.25, 0.3) is 0 Å². The second-order valence-corrected chi connectivity index (χ2v) is 3.52. The molecule has 5 nitrogen and oxygen atoms in total. The number of benzene rings is 1. The van der Waals surface area contributed by atoms with Gasteiger partial charge in [0.2, 0.25) is 0 Å². The first-order valence-corrected chi connectivity index (χ1v) is 5.30. The van der Waals surface area contributed by atoms with Crippen LogP contribution in [0.15, 0.2) is 6.07 Å². The number of methoxy groups -OCH3 is 3. The van der Waals surface area contributed by atoms with Crippen molar-refractivity contribution in [3.63, 3.8) is 0 Å². The van der Waals surface area contributed by atoms with Gasteiger partial charge in [-0.05, 0) is 6.07 Å². The number of halogens is 1. The van der Waals surface area contributed by atoms with Gasteiger partial charge in [-0.25, -0.2) is 0 Å².